The summed E-state index contributed by atoms with van der Waals surface area (Å²) in [5, 5.41) is 0. The van der Waals surface area contributed by atoms with E-state index in [1.54, 1.807) is 11.9 Å². The Bertz CT molecular complexity index is 698. The van der Waals surface area contributed by atoms with Crippen molar-refractivity contribution in [2.45, 2.75) is 13.0 Å². The molecule has 0 radical (unpaired) electrons. The van der Waals surface area contributed by atoms with Gasteiger partial charge >= 0.3 is 0 Å². The van der Waals surface area contributed by atoms with Crippen molar-refractivity contribution in [3.63, 3.8) is 0 Å². The lowest BCUT2D eigenvalue weighted by Crippen LogP contribution is -2.33. The van der Waals surface area contributed by atoms with E-state index in [2.05, 4.69) is 0 Å². The molecule has 2 aromatic rings. The van der Waals surface area contributed by atoms with Gasteiger partial charge in [0.15, 0.2) is 0 Å². The van der Waals surface area contributed by atoms with Gasteiger partial charge in [-0.25, -0.2) is 0 Å². The molecule has 2 unspecified atom stereocenters. The lowest BCUT2D eigenvalue weighted by molar-refractivity contribution is -0.129. The van der Waals surface area contributed by atoms with E-state index < -0.39 is 10.8 Å². The first kappa shape index (κ1) is 18.1. The van der Waals surface area contributed by atoms with Crippen LogP contribution in [0, 0.1) is 0 Å². The van der Waals surface area contributed by atoms with Gasteiger partial charge in [0.05, 0.1) is 6.04 Å². The Morgan fingerprint density at radius 1 is 1.08 bits per heavy atom. The highest BCUT2D eigenvalue weighted by atomic mass is 32.2. The summed E-state index contributed by atoms with van der Waals surface area (Å²) in [6, 6.07) is 19.7. The Kier molecular flexibility index (Phi) is 6.94. The normalized spacial score (nSPS) is 13.6. The van der Waals surface area contributed by atoms with Crippen molar-refractivity contribution in [1.82, 2.24) is 4.90 Å². The molecular formula is C20H23NO2S. The van der Waals surface area contributed by atoms with Gasteiger partial charge in [-0.1, -0.05) is 72.8 Å². The highest BCUT2D eigenvalue weighted by Crippen LogP contribution is 2.18. The summed E-state index contributed by atoms with van der Waals surface area (Å²) in [6.07, 6.45) is 3.79. The second-order valence-corrected chi connectivity index (χ2v) is 7.16. The fourth-order valence-corrected chi connectivity index (χ4v) is 3.23. The van der Waals surface area contributed by atoms with Crippen LogP contribution < -0.4 is 0 Å². The standard InChI is InChI=1S/C20H23NO2S/c1-17(19-13-7-4-8-14-19)21(2)20(22)16-24(23)15-9-12-18-10-5-3-6-11-18/h3-14,17H,15-16H2,1-2H3/b12-9+. The van der Waals surface area contributed by atoms with E-state index in [9.17, 15) is 9.00 Å². The minimum absolute atomic E-state index is 0.0319. The molecule has 0 aliphatic carbocycles. The topological polar surface area (TPSA) is 37.4 Å². The van der Waals surface area contributed by atoms with E-state index in [1.807, 2.05) is 79.7 Å². The molecule has 0 fully saturated rings. The Labute approximate surface area is 146 Å². The molecule has 24 heavy (non-hydrogen) atoms. The fraction of sp³-hybridized carbons (Fsp3) is 0.250. The maximum Gasteiger partial charge on any atom is 0.235 e. The van der Waals surface area contributed by atoms with Crippen molar-refractivity contribution in [3.05, 3.63) is 77.9 Å². The van der Waals surface area contributed by atoms with E-state index in [0.717, 1.165) is 11.1 Å². The number of carbonyl (C=O) groups excluding carboxylic acids is 1. The van der Waals surface area contributed by atoms with E-state index in [1.165, 1.54) is 0 Å². The summed E-state index contributed by atoms with van der Waals surface area (Å²) in [7, 11) is 0.566. The fourth-order valence-electron chi connectivity index (χ4n) is 2.33. The summed E-state index contributed by atoms with van der Waals surface area (Å²) in [6.45, 7) is 1.98. The minimum atomic E-state index is -1.20. The number of carbonyl (C=O) groups is 1. The third-order valence-electron chi connectivity index (χ3n) is 3.93. The molecule has 3 nitrogen and oxygen atoms in total. The molecule has 0 saturated carbocycles. The molecule has 126 valence electrons. The zero-order valence-electron chi connectivity index (χ0n) is 14.1. The largest absolute Gasteiger partial charge is 0.338 e. The highest BCUT2D eigenvalue weighted by molar-refractivity contribution is 7.85. The van der Waals surface area contributed by atoms with Crippen molar-refractivity contribution in [1.29, 1.82) is 0 Å². The number of hydrogen-bond donors (Lipinski definition) is 0. The molecule has 0 aliphatic heterocycles. The molecule has 0 aliphatic rings. The monoisotopic (exact) mass is 341 g/mol. The second kappa shape index (κ2) is 9.18. The quantitative estimate of drug-likeness (QED) is 0.770. The van der Waals surface area contributed by atoms with E-state index in [4.69, 9.17) is 0 Å². The molecule has 2 atom stereocenters. The second-order valence-electron chi connectivity index (χ2n) is 5.66. The molecule has 0 heterocycles. The van der Waals surface area contributed by atoms with Crippen molar-refractivity contribution < 1.29 is 9.00 Å². The third-order valence-corrected chi connectivity index (χ3v) is 5.07. The van der Waals surface area contributed by atoms with Crippen LogP contribution in [0.5, 0.6) is 0 Å². The van der Waals surface area contributed by atoms with E-state index >= 15 is 0 Å². The van der Waals surface area contributed by atoms with Crippen LogP contribution in [0.25, 0.3) is 6.08 Å². The van der Waals surface area contributed by atoms with E-state index in [0.29, 0.717) is 5.75 Å². The van der Waals surface area contributed by atoms with Crippen LogP contribution in [0.1, 0.15) is 24.1 Å². The Hall–Kier alpha value is -2.20. The zero-order valence-corrected chi connectivity index (χ0v) is 14.9. The van der Waals surface area contributed by atoms with Gasteiger partial charge in [0.1, 0.15) is 5.75 Å². The first-order valence-electron chi connectivity index (χ1n) is 7.95. The Morgan fingerprint density at radius 2 is 1.67 bits per heavy atom. The average Bonchev–Trinajstić information content (AvgIpc) is 2.62. The van der Waals surface area contributed by atoms with Crippen LogP contribution in [0.2, 0.25) is 0 Å². The molecule has 0 aromatic heterocycles. The van der Waals surface area contributed by atoms with Gasteiger partial charge in [-0.15, -0.1) is 0 Å². The first-order valence-corrected chi connectivity index (χ1v) is 9.44. The molecule has 0 spiro atoms. The lowest BCUT2D eigenvalue weighted by atomic mass is 10.1. The Morgan fingerprint density at radius 3 is 2.29 bits per heavy atom. The SMILES string of the molecule is CC(c1ccccc1)N(C)C(=O)CS(=O)C/C=C/c1ccccc1. The van der Waals surface area contributed by atoms with Gasteiger partial charge in [-0.05, 0) is 18.1 Å². The predicted octanol–water partition coefficient (Wildman–Crippen LogP) is 3.67. The lowest BCUT2D eigenvalue weighted by Gasteiger charge is -2.25. The molecule has 0 saturated heterocycles. The Balaban J connectivity index is 1.84. The van der Waals surface area contributed by atoms with Gasteiger partial charge < -0.3 is 4.90 Å². The van der Waals surface area contributed by atoms with Gasteiger partial charge in [0.2, 0.25) is 5.91 Å². The predicted molar refractivity (Wildman–Crippen MR) is 101 cm³/mol. The molecule has 1 amide bonds. The van der Waals surface area contributed by atoms with E-state index in [-0.39, 0.29) is 17.7 Å². The summed E-state index contributed by atoms with van der Waals surface area (Å²) < 4.78 is 12.1. The smallest absolute Gasteiger partial charge is 0.235 e. The van der Waals surface area contributed by atoms with Crippen LogP contribution in [-0.4, -0.2) is 33.6 Å². The van der Waals surface area contributed by atoms with Crippen LogP contribution in [0.15, 0.2) is 66.7 Å². The molecule has 0 N–H and O–H groups in total. The summed E-state index contributed by atoms with van der Waals surface area (Å²) in [4.78, 5) is 14.0. The molecular weight excluding hydrogens is 318 g/mol. The first-order chi connectivity index (χ1) is 11.6. The van der Waals surface area contributed by atoms with Crippen molar-refractivity contribution in [2.75, 3.05) is 18.6 Å². The van der Waals surface area contributed by atoms with Crippen LogP contribution in [0.4, 0.5) is 0 Å². The number of benzene rings is 2. The molecule has 2 aromatic carbocycles. The summed E-state index contributed by atoms with van der Waals surface area (Å²) in [5.74, 6) is 0.332. The molecule has 2 rings (SSSR count). The number of amides is 1. The maximum atomic E-state index is 12.3. The van der Waals surface area contributed by atoms with Crippen molar-refractivity contribution in [3.8, 4) is 0 Å². The number of nitrogens with zero attached hydrogens (tertiary/aromatic N) is 1. The van der Waals surface area contributed by atoms with Gasteiger partial charge in [-0.2, -0.15) is 0 Å². The van der Waals surface area contributed by atoms with Crippen LogP contribution >= 0.6 is 0 Å². The number of hydrogen-bond acceptors (Lipinski definition) is 2. The summed E-state index contributed by atoms with van der Waals surface area (Å²) in [5.41, 5.74) is 2.14. The van der Waals surface area contributed by atoms with Crippen molar-refractivity contribution in [2.24, 2.45) is 0 Å². The number of rotatable bonds is 7. The van der Waals surface area contributed by atoms with Gasteiger partial charge in [0.25, 0.3) is 0 Å². The summed E-state index contributed by atoms with van der Waals surface area (Å²) >= 11 is 0. The van der Waals surface area contributed by atoms with Gasteiger partial charge in [0, 0.05) is 23.6 Å². The van der Waals surface area contributed by atoms with Gasteiger partial charge in [-0.3, -0.25) is 9.00 Å². The molecule has 0 bridgehead atoms. The minimum Gasteiger partial charge on any atom is -0.338 e. The third kappa shape index (κ3) is 5.46. The zero-order chi connectivity index (χ0) is 17.4. The van der Waals surface area contributed by atoms with Crippen molar-refractivity contribution >= 4 is 22.8 Å². The average molecular weight is 341 g/mol. The maximum absolute atomic E-state index is 12.3. The van der Waals surface area contributed by atoms with Crippen LogP contribution in [0.3, 0.4) is 0 Å². The highest BCUT2D eigenvalue weighted by Gasteiger charge is 2.18. The van der Waals surface area contributed by atoms with Crippen LogP contribution in [-0.2, 0) is 15.6 Å². The molecule has 4 heteroatoms.